The number of nitrogens with zero attached hydrogens (tertiary/aromatic N) is 3. The van der Waals surface area contributed by atoms with Crippen molar-refractivity contribution in [3.8, 4) is 0 Å². The number of fused-ring (bicyclic) bond motifs is 1. The summed E-state index contributed by atoms with van der Waals surface area (Å²) in [7, 11) is -2.05. The maximum absolute atomic E-state index is 13.1. The van der Waals surface area contributed by atoms with Crippen molar-refractivity contribution in [1.82, 2.24) is 8.87 Å². The average molecular weight is 401 g/mol. The Kier molecular flexibility index (Phi) is 4.55. The van der Waals surface area contributed by atoms with Crippen molar-refractivity contribution >= 4 is 26.8 Å². The van der Waals surface area contributed by atoms with Gasteiger partial charge in [0.15, 0.2) is 5.58 Å². The van der Waals surface area contributed by atoms with E-state index in [9.17, 15) is 13.2 Å². The maximum Gasteiger partial charge on any atom is 0.419 e. The van der Waals surface area contributed by atoms with E-state index >= 15 is 0 Å². The van der Waals surface area contributed by atoms with Crippen LogP contribution in [0.4, 0.5) is 5.69 Å². The van der Waals surface area contributed by atoms with Gasteiger partial charge in [-0.15, -0.1) is 0 Å². The molecular weight excluding hydrogens is 378 g/mol. The van der Waals surface area contributed by atoms with Gasteiger partial charge in [-0.05, 0) is 43.2 Å². The smallest absolute Gasteiger partial charge is 0.408 e. The molecule has 0 amide bonds. The van der Waals surface area contributed by atoms with E-state index in [0.29, 0.717) is 31.7 Å². The zero-order chi connectivity index (χ0) is 20.1. The Labute approximate surface area is 163 Å². The number of sulfonamides is 1. The molecule has 3 aromatic rings. The first-order valence-electron chi connectivity index (χ1n) is 9.20. The molecule has 1 aliphatic heterocycles. The lowest BCUT2D eigenvalue weighted by atomic mass is 10.1. The van der Waals surface area contributed by atoms with E-state index in [0.717, 1.165) is 5.69 Å². The number of aromatic nitrogens is 1. The van der Waals surface area contributed by atoms with Crippen LogP contribution in [0.2, 0.25) is 0 Å². The highest BCUT2D eigenvalue weighted by atomic mass is 32.2. The van der Waals surface area contributed by atoms with Crippen LogP contribution in [0.5, 0.6) is 0 Å². The minimum atomic E-state index is -3.65. The number of hydrogen-bond donors (Lipinski definition) is 0. The second-order valence-corrected chi connectivity index (χ2v) is 9.10. The lowest BCUT2D eigenvalue weighted by Gasteiger charge is -2.36. The normalized spacial score (nSPS) is 16.0. The fourth-order valence-corrected chi connectivity index (χ4v) is 5.11. The first kappa shape index (κ1) is 18.8. The zero-order valence-electron chi connectivity index (χ0n) is 16.2. The van der Waals surface area contributed by atoms with Crippen molar-refractivity contribution in [3.63, 3.8) is 0 Å². The van der Waals surface area contributed by atoms with E-state index < -0.39 is 15.8 Å². The van der Waals surface area contributed by atoms with E-state index in [1.165, 1.54) is 32.1 Å². The van der Waals surface area contributed by atoms with Crippen molar-refractivity contribution in [1.29, 1.82) is 0 Å². The summed E-state index contributed by atoms with van der Waals surface area (Å²) >= 11 is 0. The lowest BCUT2D eigenvalue weighted by Crippen LogP contribution is -2.48. The van der Waals surface area contributed by atoms with Gasteiger partial charge in [-0.25, -0.2) is 13.2 Å². The van der Waals surface area contributed by atoms with Gasteiger partial charge < -0.3 is 9.32 Å². The number of piperazine rings is 1. The molecule has 0 bridgehead atoms. The predicted molar refractivity (Wildman–Crippen MR) is 108 cm³/mol. The van der Waals surface area contributed by atoms with Crippen LogP contribution in [0.3, 0.4) is 0 Å². The number of benzene rings is 2. The highest BCUT2D eigenvalue weighted by molar-refractivity contribution is 7.89. The van der Waals surface area contributed by atoms with Crippen LogP contribution >= 0.6 is 0 Å². The summed E-state index contributed by atoms with van der Waals surface area (Å²) in [6.07, 6.45) is 0. The highest BCUT2D eigenvalue weighted by Crippen LogP contribution is 2.26. The largest absolute Gasteiger partial charge is 0.419 e. The molecule has 2 aromatic carbocycles. The van der Waals surface area contributed by atoms with E-state index in [1.807, 2.05) is 6.07 Å². The van der Waals surface area contributed by atoms with Crippen molar-refractivity contribution in [3.05, 3.63) is 58.1 Å². The molecule has 1 aromatic heterocycles. The Balaban J connectivity index is 1.57. The van der Waals surface area contributed by atoms with Crippen molar-refractivity contribution in [2.75, 3.05) is 31.1 Å². The zero-order valence-corrected chi connectivity index (χ0v) is 17.0. The second kappa shape index (κ2) is 6.79. The van der Waals surface area contributed by atoms with Crippen molar-refractivity contribution < 1.29 is 12.8 Å². The molecule has 0 saturated carbocycles. The Bertz CT molecular complexity index is 1200. The van der Waals surface area contributed by atoms with Gasteiger partial charge in [-0.3, -0.25) is 4.57 Å². The third kappa shape index (κ3) is 3.02. The summed E-state index contributed by atoms with van der Waals surface area (Å²) in [6, 6.07) is 10.8. The Morgan fingerprint density at radius 3 is 2.43 bits per heavy atom. The average Bonchev–Trinajstić information content (AvgIpc) is 2.97. The van der Waals surface area contributed by atoms with E-state index in [4.69, 9.17) is 4.42 Å². The molecule has 0 N–H and O–H groups in total. The van der Waals surface area contributed by atoms with Crippen LogP contribution in [0, 0.1) is 13.8 Å². The molecule has 0 unspecified atom stereocenters. The van der Waals surface area contributed by atoms with Crippen LogP contribution < -0.4 is 10.7 Å². The molecule has 0 aliphatic carbocycles. The van der Waals surface area contributed by atoms with Gasteiger partial charge in [0.1, 0.15) is 0 Å². The monoisotopic (exact) mass is 401 g/mol. The molecule has 1 fully saturated rings. The Hall–Kier alpha value is -2.58. The summed E-state index contributed by atoms with van der Waals surface area (Å²) < 4.78 is 34.1. The number of oxazole rings is 1. The van der Waals surface area contributed by atoms with Crippen molar-refractivity contribution in [2.24, 2.45) is 7.05 Å². The third-order valence-corrected chi connectivity index (χ3v) is 7.45. The summed E-state index contributed by atoms with van der Waals surface area (Å²) in [4.78, 5) is 14.0. The predicted octanol–water partition coefficient (Wildman–Crippen LogP) is 2.26. The molecule has 1 aliphatic rings. The molecule has 28 heavy (non-hydrogen) atoms. The molecule has 148 valence electrons. The van der Waals surface area contributed by atoms with Crippen LogP contribution in [0.1, 0.15) is 11.1 Å². The molecule has 0 atom stereocenters. The van der Waals surface area contributed by atoms with Crippen molar-refractivity contribution in [2.45, 2.75) is 18.7 Å². The molecule has 0 radical (unpaired) electrons. The standard InChI is InChI=1S/C20H23N3O4S/c1-14-5-4-6-17(15(14)2)22-9-11-23(12-10-22)28(25,26)16-7-8-18-19(13-16)27-20(24)21(18)3/h4-8,13H,9-12H2,1-3H3. The van der Waals surface area contributed by atoms with Gasteiger partial charge in [0.25, 0.3) is 0 Å². The topological polar surface area (TPSA) is 75.8 Å². The van der Waals surface area contributed by atoms with Crippen LogP contribution in [0.25, 0.3) is 11.1 Å². The number of rotatable bonds is 3. The fraction of sp³-hybridized carbons (Fsp3) is 0.350. The van der Waals surface area contributed by atoms with E-state index in [2.05, 4.69) is 30.9 Å². The van der Waals surface area contributed by atoms with Gasteiger partial charge in [0, 0.05) is 45.0 Å². The number of anilines is 1. The molecule has 8 heteroatoms. The second-order valence-electron chi connectivity index (χ2n) is 7.17. The fourth-order valence-electron chi connectivity index (χ4n) is 3.67. The summed E-state index contributed by atoms with van der Waals surface area (Å²) in [5, 5.41) is 0. The Morgan fingerprint density at radius 1 is 1.00 bits per heavy atom. The molecule has 7 nitrogen and oxygen atoms in total. The van der Waals surface area contributed by atoms with E-state index in [1.54, 1.807) is 13.1 Å². The van der Waals surface area contributed by atoms with Crippen LogP contribution in [0.15, 0.2) is 50.5 Å². The molecule has 0 spiro atoms. The summed E-state index contributed by atoms with van der Waals surface area (Å²) in [5.41, 5.74) is 4.46. The Morgan fingerprint density at radius 2 is 1.71 bits per heavy atom. The molecule has 1 saturated heterocycles. The first-order chi connectivity index (χ1) is 13.3. The van der Waals surface area contributed by atoms with Crippen LogP contribution in [-0.4, -0.2) is 43.5 Å². The maximum atomic E-state index is 13.1. The first-order valence-corrected chi connectivity index (χ1v) is 10.6. The third-order valence-electron chi connectivity index (χ3n) is 5.56. The highest BCUT2D eigenvalue weighted by Gasteiger charge is 2.29. The van der Waals surface area contributed by atoms with E-state index in [-0.39, 0.29) is 10.5 Å². The minimum absolute atomic E-state index is 0.148. The summed E-state index contributed by atoms with van der Waals surface area (Å²) in [5.74, 6) is -0.508. The van der Waals surface area contributed by atoms with Gasteiger partial charge in [-0.1, -0.05) is 12.1 Å². The SMILES string of the molecule is Cc1cccc(N2CCN(S(=O)(=O)c3ccc4c(c3)oc(=O)n4C)CC2)c1C. The van der Waals surface area contributed by atoms with Gasteiger partial charge in [0.05, 0.1) is 10.4 Å². The molecular formula is C20H23N3O4S. The van der Waals surface area contributed by atoms with Gasteiger partial charge >= 0.3 is 5.76 Å². The lowest BCUT2D eigenvalue weighted by molar-refractivity contribution is 0.384. The molecule has 2 heterocycles. The quantitative estimate of drug-likeness (QED) is 0.673. The van der Waals surface area contributed by atoms with Gasteiger partial charge in [0.2, 0.25) is 10.0 Å². The summed E-state index contributed by atoms with van der Waals surface area (Å²) in [6.45, 7) is 6.26. The molecule has 4 rings (SSSR count). The minimum Gasteiger partial charge on any atom is -0.408 e. The van der Waals surface area contributed by atoms with Crippen LogP contribution in [-0.2, 0) is 17.1 Å². The number of aryl methyl sites for hydroxylation is 2. The van der Waals surface area contributed by atoms with Gasteiger partial charge in [-0.2, -0.15) is 4.31 Å². The number of hydrogen-bond acceptors (Lipinski definition) is 5.